The van der Waals surface area contributed by atoms with E-state index >= 15 is 0 Å². The summed E-state index contributed by atoms with van der Waals surface area (Å²) in [5.74, 6) is -0.390. The quantitative estimate of drug-likeness (QED) is 0.693. The topological polar surface area (TPSA) is 117 Å². The Kier molecular flexibility index (Phi) is 4.08. The van der Waals surface area contributed by atoms with Gasteiger partial charge in [-0.1, -0.05) is 30.3 Å². The van der Waals surface area contributed by atoms with Gasteiger partial charge >= 0.3 is 6.03 Å². The molecule has 0 saturated carbocycles. The molecule has 1 fully saturated rings. The van der Waals surface area contributed by atoms with E-state index in [1.807, 2.05) is 0 Å². The highest BCUT2D eigenvalue weighted by Gasteiger charge is 2.49. The van der Waals surface area contributed by atoms with E-state index in [9.17, 15) is 14.9 Å². The van der Waals surface area contributed by atoms with Gasteiger partial charge in [0.25, 0.3) is 5.91 Å². The lowest BCUT2D eigenvalue weighted by Crippen LogP contribution is -2.40. The van der Waals surface area contributed by atoms with Crippen molar-refractivity contribution in [2.75, 3.05) is 0 Å². The van der Waals surface area contributed by atoms with Crippen LogP contribution in [0.4, 0.5) is 4.79 Å². The molecule has 9 nitrogen and oxygen atoms in total. The molecular weight excluding hydrogens is 358 g/mol. The number of carbonyl (C=O) groups excluding carboxylic acids is 2. The summed E-state index contributed by atoms with van der Waals surface area (Å²) < 4.78 is 1.47. The number of urea groups is 1. The predicted molar refractivity (Wildman–Crippen MR) is 96.7 cm³/mol. The van der Waals surface area contributed by atoms with E-state index in [0.29, 0.717) is 22.4 Å². The molecule has 1 saturated heterocycles. The van der Waals surface area contributed by atoms with Crippen LogP contribution in [-0.4, -0.2) is 37.0 Å². The Morgan fingerprint density at radius 2 is 2.00 bits per heavy atom. The van der Waals surface area contributed by atoms with Crippen molar-refractivity contribution in [1.82, 2.24) is 30.4 Å². The molecule has 1 atom stereocenters. The van der Waals surface area contributed by atoms with Crippen LogP contribution in [0, 0.1) is 11.3 Å². The number of hydrogen-bond donors (Lipinski definition) is 1. The molecule has 9 heteroatoms. The Bertz CT molecular complexity index is 1100. The van der Waals surface area contributed by atoms with Gasteiger partial charge in [-0.2, -0.15) is 5.26 Å². The summed E-state index contributed by atoms with van der Waals surface area (Å²) in [4.78, 5) is 26.8. The minimum atomic E-state index is -1.23. The standard InChI is InChI=1S/C19H15N7O2/c1-19(15-7-4-8-16(9-15)26-12-21-23-24-26)17(27)25(18(28)22-19)11-14-6-3-2-5-13(14)10-20/h2-9,12H,11H2,1H3,(H,22,28)/t19-/m1/s1. The Hall–Kier alpha value is -4.06. The number of tetrazole rings is 1. The molecule has 138 valence electrons. The van der Waals surface area contributed by atoms with Gasteiger partial charge < -0.3 is 5.32 Å². The zero-order chi connectivity index (χ0) is 19.7. The van der Waals surface area contributed by atoms with Gasteiger partial charge in [-0.25, -0.2) is 9.48 Å². The summed E-state index contributed by atoms with van der Waals surface area (Å²) in [6.45, 7) is 1.68. The van der Waals surface area contributed by atoms with Gasteiger partial charge in [0.15, 0.2) is 0 Å². The first-order chi connectivity index (χ1) is 13.5. The monoisotopic (exact) mass is 373 g/mol. The van der Waals surface area contributed by atoms with Crippen molar-refractivity contribution in [3.63, 3.8) is 0 Å². The molecule has 2 heterocycles. The van der Waals surface area contributed by atoms with Crippen LogP contribution >= 0.6 is 0 Å². The fourth-order valence-electron chi connectivity index (χ4n) is 3.21. The van der Waals surface area contributed by atoms with Gasteiger partial charge in [0, 0.05) is 0 Å². The molecule has 0 radical (unpaired) electrons. The lowest BCUT2D eigenvalue weighted by atomic mass is 9.91. The van der Waals surface area contributed by atoms with Crippen molar-refractivity contribution >= 4 is 11.9 Å². The second kappa shape index (κ2) is 6.59. The molecule has 0 spiro atoms. The molecule has 1 aromatic heterocycles. The Labute approximate surface area is 160 Å². The Morgan fingerprint density at radius 3 is 2.75 bits per heavy atom. The zero-order valence-electron chi connectivity index (χ0n) is 14.9. The number of aromatic nitrogens is 4. The second-order valence-electron chi connectivity index (χ2n) is 6.52. The average Bonchev–Trinajstić information content (AvgIpc) is 3.33. The third-order valence-corrected chi connectivity index (χ3v) is 4.78. The summed E-state index contributed by atoms with van der Waals surface area (Å²) in [6, 6.07) is 15.5. The highest BCUT2D eigenvalue weighted by molar-refractivity contribution is 6.07. The van der Waals surface area contributed by atoms with Crippen molar-refractivity contribution in [2.24, 2.45) is 0 Å². The van der Waals surface area contributed by atoms with Crippen LogP contribution in [0.1, 0.15) is 23.6 Å². The second-order valence-corrected chi connectivity index (χ2v) is 6.52. The van der Waals surface area contributed by atoms with Gasteiger partial charge in [-0.3, -0.25) is 9.69 Å². The van der Waals surface area contributed by atoms with Gasteiger partial charge in [0.05, 0.1) is 23.9 Å². The highest BCUT2D eigenvalue weighted by Crippen LogP contribution is 2.31. The van der Waals surface area contributed by atoms with Crippen LogP contribution in [0.2, 0.25) is 0 Å². The molecule has 3 aromatic rings. The number of rotatable bonds is 4. The summed E-state index contributed by atoms with van der Waals surface area (Å²) in [5.41, 5.74) is 1.08. The van der Waals surface area contributed by atoms with Gasteiger partial charge in [0.1, 0.15) is 11.9 Å². The molecule has 3 amide bonds. The number of nitrogens with zero attached hydrogens (tertiary/aromatic N) is 6. The van der Waals surface area contributed by atoms with Crippen LogP contribution in [-0.2, 0) is 16.9 Å². The van der Waals surface area contributed by atoms with E-state index in [4.69, 9.17) is 0 Å². The van der Waals surface area contributed by atoms with Crippen LogP contribution in [0.3, 0.4) is 0 Å². The smallest absolute Gasteiger partial charge is 0.319 e. The molecule has 28 heavy (non-hydrogen) atoms. The number of carbonyl (C=O) groups is 2. The van der Waals surface area contributed by atoms with E-state index in [2.05, 4.69) is 26.9 Å². The first kappa shape index (κ1) is 17.4. The maximum atomic E-state index is 13.2. The lowest BCUT2D eigenvalue weighted by molar-refractivity contribution is -0.131. The van der Waals surface area contributed by atoms with Crippen molar-refractivity contribution < 1.29 is 9.59 Å². The largest absolute Gasteiger partial charge is 0.325 e. The molecule has 1 N–H and O–H groups in total. The molecule has 0 unspecified atom stereocenters. The molecule has 4 rings (SSSR count). The van der Waals surface area contributed by atoms with E-state index in [1.165, 1.54) is 11.0 Å². The summed E-state index contributed by atoms with van der Waals surface area (Å²) >= 11 is 0. The number of imide groups is 1. The number of nitrogens with one attached hydrogen (secondary N) is 1. The summed E-state index contributed by atoms with van der Waals surface area (Å²) in [5, 5.41) is 23.1. The first-order valence-corrected chi connectivity index (χ1v) is 8.49. The van der Waals surface area contributed by atoms with Gasteiger partial charge in [0.2, 0.25) is 0 Å². The number of amides is 3. The molecule has 0 aliphatic carbocycles. The number of nitriles is 1. The van der Waals surface area contributed by atoms with Crippen molar-refractivity contribution in [3.05, 3.63) is 71.5 Å². The van der Waals surface area contributed by atoms with Crippen molar-refractivity contribution in [1.29, 1.82) is 5.26 Å². The molecule has 0 bridgehead atoms. The minimum Gasteiger partial charge on any atom is -0.319 e. The molecular formula is C19H15N7O2. The molecule has 1 aliphatic rings. The number of benzene rings is 2. The normalized spacial score (nSPS) is 18.8. The fourth-order valence-corrected chi connectivity index (χ4v) is 3.21. The van der Waals surface area contributed by atoms with Crippen molar-refractivity contribution in [2.45, 2.75) is 19.0 Å². The van der Waals surface area contributed by atoms with Gasteiger partial charge in [-0.05, 0) is 46.7 Å². The third kappa shape index (κ3) is 2.77. The van der Waals surface area contributed by atoms with Crippen molar-refractivity contribution in [3.8, 4) is 11.8 Å². The Balaban J connectivity index is 1.66. The van der Waals surface area contributed by atoms with Crippen LogP contribution in [0.25, 0.3) is 5.69 Å². The predicted octanol–water partition coefficient (Wildman–Crippen LogP) is 1.50. The molecule has 2 aromatic carbocycles. The van der Waals surface area contributed by atoms with Gasteiger partial charge in [-0.15, -0.1) is 5.10 Å². The van der Waals surface area contributed by atoms with E-state index in [0.717, 1.165) is 4.90 Å². The van der Waals surface area contributed by atoms with Crippen LogP contribution < -0.4 is 5.32 Å². The minimum absolute atomic E-state index is 0.0245. The van der Waals surface area contributed by atoms with Crippen LogP contribution in [0.15, 0.2) is 54.9 Å². The lowest BCUT2D eigenvalue weighted by Gasteiger charge is -2.23. The zero-order valence-corrected chi connectivity index (χ0v) is 14.9. The SMILES string of the molecule is C[C@]1(c2cccc(-n3cnnn3)c2)NC(=O)N(Cc2ccccc2C#N)C1=O. The Morgan fingerprint density at radius 1 is 1.18 bits per heavy atom. The third-order valence-electron chi connectivity index (χ3n) is 4.78. The fraction of sp³-hybridized carbons (Fsp3) is 0.158. The van der Waals surface area contributed by atoms with E-state index in [1.54, 1.807) is 55.5 Å². The van der Waals surface area contributed by atoms with Crippen LogP contribution in [0.5, 0.6) is 0 Å². The average molecular weight is 373 g/mol. The molecule has 1 aliphatic heterocycles. The highest BCUT2D eigenvalue weighted by atomic mass is 16.2. The summed E-state index contributed by atoms with van der Waals surface area (Å²) in [7, 11) is 0. The van der Waals surface area contributed by atoms with E-state index < -0.39 is 11.6 Å². The summed E-state index contributed by atoms with van der Waals surface area (Å²) in [6.07, 6.45) is 1.45. The maximum absolute atomic E-state index is 13.2. The first-order valence-electron chi connectivity index (χ1n) is 8.49. The maximum Gasteiger partial charge on any atom is 0.325 e. The van der Waals surface area contributed by atoms with E-state index in [-0.39, 0.29) is 12.5 Å². The number of hydrogen-bond acceptors (Lipinski definition) is 6.